The van der Waals surface area contributed by atoms with Gasteiger partial charge >= 0.3 is 0 Å². The zero-order valence-corrected chi connectivity index (χ0v) is 16.4. The van der Waals surface area contributed by atoms with Crippen molar-refractivity contribution in [3.05, 3.63) is 12.2 Å². The van der Waals surface area contributed by atoms with E-state index in [1.54, 1.807) is 20.8 Å². The average Bonchev–Trinajstić information content (AvgIpc) is 2.62. The molecule has 162 valence electrons. The monoisotopic (exact) mass is 404 g/mol. The zero-order valence-electron chi connectivity index (χ0n) is 16.4. The van der Waals surface area contributed by atoms with Crippen LogP contribution in [0.25, 0.3) is 0 Å². The third kappa shape index (κ3) is 4.47. The van der Waals surface area contributed by atoms with Crippen molar-refractivity contribution in [1.82, 2.24) is 0 Å². The van der Waals surface area contributed by atoms with Gasteiger partial charge in [0, 0.05) is 18.3 Å². The summed E-state index contributed by atoms with van der Waals surface area (Å²) in [7, 11) is 0. The summed E-state index contributed by atoms with van der Waals surface area (Å²) >= 11 is 0. The molecular formula is C19H32O9. The number of ketones is 1. The van der Waals surface area contributed by atoms with Gasteiger partial charge in [0.2, 0.25) is 0 Å². The highest BCUT2D eigenvalue weighted by atomic mass is 16.7. The van der Waals surface area contributed by atoms with E-state index < -0.39 is 61.0 Å². The standard InChI is InChI=1S/C19H32O9/c1-10-6-11(22)7-18(2,3)19(10,26)5-4-12(8-20)27-17-16(25)15(24)14(23)13(9-21)28-17/h4-5,10,12-17,20-21,23-26H,6-9H2,1-3H3. The Kier molecular flexibility index (Phi) is 7.38. The van der Waals surface area contributed by atoms with E-state index in [1.165, 1.54) is 12.2 Å². The molecule has 2 rings (SSSR count). The van der Waals surface area contributed by atoms with Crippen molar-refractivity contribution in [2.75, 3.05) is 13.2 Å². The summed E-state index contributed by atoms with van der Waals surface area (Å²) in [5.74, 6) is -0.265. The van der Waals surface area contributed by atoms with Crippen molar-refractivity contribution in [3.8, 4) is 0 Å². The van der Waals surface area contributed by atoms with Crippen LogP contribution >= 0.6 is 0 Å². The molecule has 1 aliphatic heterocycles. The number of hydrogen-bond donors (Lipinski definition) is 6. The van der Waals surface area contributed by atoms with Crippen LogP contribution in [0.1, 0.15) is 33.6 Å². The summed E-state index contributed by atoms with van der Waals surface area (Å²) in [6.45, 7) is 4.25. The highest BCUT2D eigenvalue weighted by Crippen LogP contribution is 2.46. The second kappa shape index (κ2) is 8.85. The molecule has 1 saturated heterocycles. The Morgan fingerprint density at radius 3 is 2.39 bits per heavy atom. The van der Waals surface area contributed by atoms with Crippen LogP contribution in [0, 0.1) is 11.3 Å². The smallest absolute Gasteiger partial charge is 0.187 e. The molecule has 0 bridgehead atoms. The molecule has 9 heteroatoms. The zero-order chi connectivity index (χ0) is 21.3. The van der Waals surface area contributed by atoms with Crippen LogP contribution in [0.5, 0.6) is 0 Å². The van der Waals surface area contributed by atoms with E-state index in [9.17, 15) is 35.4 Å². The topological polar surface area (TPSA) is 157 Å². The van der Waals surface area contributed by atoms with Crippen LogP contribution in [0.15, 0.2) is 12.2 Å². The Morgan fingerprint density at radius 1 is 1.21 bits per heavy atom. The molecule has 2 fully saturated rings. The van der Waals surface area contributed by atoms with Crippen molar-refractivity contribution in [2.24, 2.45) is 11.3 Å². The Morgan fingerprint density at radius 2 is 1.86 bits per heavy atom. The molecule has 2 aliphatic rings. The lowest BCUT2D eigenvalue weighted by Crippen LogP contribution is -2.59. The Hall–Kier alpha value is -0.910. The molecule has 0 amide bonds. The van der Waals surface area contributed by atoms with Gasteiger partial charge in [-0.1, -0.05) is 32.9 Å². The number of rotatable bonds is 6. The maximum Gasteiger partial charge on any atom is 0.187 e. The predicted octanol–water partition coefficient (Wildman–Crippen LogP) is -1.52. The van der Waals surface area contributed by atoms with E-state index in [0.29, 0.717) is 0 Å². The van der Waals surface area contributed by atoms with Gasteiger partial charge in [0.15, 0.2) is 6.29 Å². The molecule has 0 aromatic rings. The Labute approximate surface area is 164 Å². The fourth-order valence-corrected chi connectivity index (χ4v) is 4.02. The lowest BCUT2D eigenvalue weighted by molar-refractivity contribution is -0.309. The number of aliphatic hydroxyl groups is 6. The third-order valence-corrected chi connectivity index (χ3v) is 5.91. The molecule has 0 radical (unpaired) electrons. The van der Waals surface area contributed by atoms with Gasteiger partial charge in [0.1, 0.15) is 36.3 Å². The van der Waals surface area contributed by atoms with Crippen molar-refractivity contribution in [3.63, 3.8) is 0 Å². The molecule has 28 heavy (non-hydrogen) atoms. The highest BCUT2D eigenvalue weighted by Gasteiger charge is 2.51. The minimum Gasteiger partial charge on any atom is -0.394 e. The summed E-state index contributed by atoms with van der Waals surface area (Å²) in [6.07, 6.45) is -4.83. The van der Waals surface area contributed by atoms with Crippen LogP contribution < -0.4 is 0 Å². The molecule has 1 aliphatic carbocycles. The van der Waals surface area contributed by atoms with Crippen molar-refractivity contribution >= 4 is 5.78 Å². The van der Waals surface area contributed by atoms with Gasteiger partial charge < -0.3 is 40.1 Å². The summed E-state index contributed by atoms with van der Waals surface area (Å²) < 4.78 is 10.8. The van der Waals surface area contributed by atoms with E-state index in [4.69, 9.17) is 9.47 Å². The van der Waals surface area contributed by atoms with Crippen LogP contribution in [0.3, 0.4) is 0 Å². The van der Waals surface area contributed by atoms with E-state index >= 15 is 0 Å². The maximum absolute atomic E-state index is 11.9. The normalized spacial score (nSPS) is 42.7. The number of aliphatic hydroxyl groups excluding tert-OH is 5. The van der Waals surface area contributed by atoms with E-state index in [0.717, 1.165) is 0 Å². The average molecular weight is 404 g/mol. The fraction of sp³-hybridized carbons (Fsp3) is 0.842. The summed E-state index contributed by atoms with van der Waals surface area (Å²) in [6, 6.07) is 0. The van der Waals surface area contributed by atoms with Crippen LogP contribution in [-0.4, -0.2) is 92.0 Å². The predicted molar refractivity (Wildman–Crippen MR) is 97.0 cm³/mol. The molecule has 8 atom stereocenters. The van der Waals surface area contributed by atoms with Gasteiger partial charge in [-0.15, -0.1) is 0 Å². The lowest BCUT2D eigenvalue weighted by atomic mass is 9.60. The second-order valence-corrected chi connectivity index (χ2v) is 8.44. The van der Waals surface area contributed by atoms with Crippen molar-refractivity contribution in [1.29, 1.82) is 0 Å². The number of carbonyl (C=O) groups excluding carboxylic acids is 1. The van der Waals surface area contributed by atoms with Crippen LogP contribution in [0.4, 0.5) is 0 Å². The first kappa shape index (κ1) is 23.4. The first-order valence-electron chi connectivity index (χ1n) is 9.47. The number of Topliss-reactive ketones (excluding diaryl/α,β-unsaturated/α-hetero) is 1. The minimum absolute atomic E-state index is 0.0758. The van der Waals surface area contributed by atoms with Crippen LogP contribution in [0.2, 0.25) is 0 Å². The van der Waals surface area contributed by atoms with E-state index in [1.807, 2.05) is 0 Å². The molecule has 0 spiro atoms. The number of ether oxygens (including phenoxy) is 2. The first-order chi connectivity index (χ1) is 13.0. The largest absolute Gasteiger partial charge is 0.394 e. The van der Waals surface area contributed by atoms with Gasteiger partial charge in [-0.2, -0.15) is 0 Å². The maximum atomic E-state index is 11.9. The van der Waals surface area contributed by atoms with Crippen LogP contribution in [-0.2, 0) is 14.3 Å². The molecular weight excluding hydrogens is 372 g/mol. The highest BCUT2D eigenvalue weighted by molar-refractivity contribution is 5.81. The van der Waals surface area contributed by atoms with Gasteiger partial charge in [0.25, 0.3) is 0 Å². The quantitative estimate of drug-likeness (QED) is 0.289. The van der Waals surface area contributed by atoms with Gasteiger partial charge in [-0.25, -0.2) is 0 Å². The molecule has 1 heterocycles. The van der Waals surface area contributed by atoms with E-state index in [2.05, 4.69) is 0 Å². The Balaban J connectivity index is 2.14. The summed E-state index contributed by atoms with van der Waals surface area (Å²) in [5, 5.41) is 59.7. The lowest BCUT2D eigenvalue weighted by Gasteiger charge is -2.48. The minimum atomic E-state index is -1.59. The van der Waals surface area contributed by atoms with Gasteiger partial charge in [-0.05, 0) is 5.92 Å². The molecule has 0 aromatic heterocycles. The fourth-order valence-electron chi connectivity index (χ4n) is 4.02. The van der Waals surface area contributed by atoms with Crippen molar-refractivity contribution in [2.45, 2.75) is 76.0 Å². The number of carbonyl (C=O) groups is 1. The Bertz CT molecular complexity index is 576. The summed E-state index contributed by atoms with van der Waals surface area (Å²) in [5.41, 5.74) is -2.03. The molecule has 8 unspecified atom stereocenters. The SMILES string of the molecule is CC1CC(=O)CC(C)(C)C1(O)C=CC(CO)OC1OC(CO)C(O)C(O)C1O. The third-order valence-electron chi connectivity index (χ3n) is 5.91. The van der Waals surface area contributed by atoms with Gasteiger partial charge in [0.05, 0.1) is 18.8 Å². The van der Waals surface area contributed by atoms with E-state index in [-0.39, 0.29) is 24.5 Å². The van der Waals surface area contributed by atoms with Gasteiger partial charge in [-0.3, -0.25) is 4.79 Å². The number of hydrogen-bond acceptors (Lipinski definition) is 9. The molecule has 1 saturated carbocycles. The summed E-state index contributed by atoms with van der Waals surface area (Å²) in [4.78, 5) is 11.9. The second-order valence-electron chi connectivity index (χ2n) is 8.44. The molecule has 0 aromatic carbocycles. The molecule has 6 N–H and O–H groups in total. The van der Waals surface area contributed by atoms with Crippen molar-refractivity contribution < 1.29 is 44.9 Å². The first-order valence-corrected chi connectivity index (χ1v) is 9.47. The molecule has 9 nitrogen and oxygen atoms in total.